The van der Waals surface area contributed by atoms with Crippen LogP contribution >= 0.6 is 0 Å². The van der Waals surface area contributed by atoms with Crippen LogP contribution < -0.4 is 0 Å². The number of aliphatic hydroxyl groups is 1. The van der Waals surface area contributed by atoms with Gasteiger partial charge < -0.3 is 14.6 Å². The molecule has 1 N–H and O–H groups in total. The first kappa shape index (κ1) is 25.1. The Morgan fingerprint density at radius 2 is 1.47 bits per heavy atom. The number of rotatable bonds is 2. The summed E-state index contributed by atoms with van der Waals surface area (Å²) in [7, 11) is 0. The van der Waals surface area contributed by atoms with Crippen molar-refractivity contribution in [1.82, 2.24) is 0 Å². The van der Waals surface area contributed by atoms with E-state index in [9.17, 15) is 9.90 Å². The van der Waals surface area contributed by atoms with Gasteiger partial charge in [0.1, 0.15) is 5.60 Å². The van der Waals surface area contributed by atoms with Crippen LogP contribution in [0, 0.1) is 39.9 Å². The normalized spacial score (nSPS) is 52.9. The lowest BCUT2D eigenvalue weighted by atomic mass is 9.37. The van der Waals surface area contributed by atoms with E-state index in [1.807, 2.05) is 13.8 Å². The molecule has 0 amide bonds. The van der Waals surface area contributed by atoms with Gasteiger partial charge in [-0.2, -0.15) is 0 Å². The van der Waals surface area contributed by atoms with Crippen LogP contribution in [0.25, 0.3) is 0 Å². The van der Waals surface area contributed by atoms with Crippen molar-refractivity contribution < 1.29 is 19.4 Å². The third-order valence-electron chi connectivity index (χ3n) is 12.6. The van der Waals surface area contributed by atoms with Crippen LogP contribution in [0.3, 0.4) is 0 Å². The maximum Gasteiger partial charge on any atom is 0.306 e. The van der Waals surface area contributed by atoms with Gasteiger partial charge in [-0.1, -0.05) is 20.8 Å². The second-order valence-corrected chi connectivity index (χ2v) is 15.0. The SMILES string of the molecule is CC(C)(O)C1CCC(C)(C2CCC3(C)C2CCC2C4(C)CCC(=O)OC(C)(C)C4CCC23C)O1. The molecule has 0 aromatic heterocycles. The van der Waals surface area contributed by atoms with Gasteiger partial charge in [0, 0.05) is 12.3 Å². The summed E-state index contributed by atoms with van der Waals surface area (Å²) in [6.07, 6.45) is 10.9. The average Bonchev–Trinajstić information content (AvgIpc) is 3.26. The fourth-order valence-corrected chi connectivity index (χ4v) is 10.8. The zero-order valence-corrected chi connectivity index (χ0v) is 23.1. The van der Waals surface area contributed by atoms with E-state index in [0.717, 1.165) is 25.7 Å². The number of hydrogen-bond acceptors (Lipinski definition) is 4. The highest BCUT2D eigenvalue weighted by atomic mass is 16.6. The smallest absolute Gasteiger partial charge is 0.306 e. The van der Waals surface area contributed by atoms with Gasteiger partial charge in [0.25, 0.3) is 0 Å². The van der Waals surface area contributed by atoms with Crippen LogP contribution in [0.2, 0.25) is 0 Å². The van der Waals surface area contributed by atoms with Crippen molar-refractivity contribution in [1.29, 1.82) is 0 Å². The first-order valence-corrected chi connectivity index (χ1v) is 14.2. The Bertz CT molecular complexity index is 843. The zero-order valence-electron chi connectivity index (χ0n) is 23.1. The molecule has 0 aromatic carbocycles. The molecule has 5 fully saturated rings. The van der Waals surface area contributed by atoms with Gasteiger partial charge in [0.2, 0.25) is 0 Å². The van der Waals surface area contributed by atoms with E-state index in [0.29, 0.717) is 35.5 Å². The second-order valence-electron chi connectivity index (χ2n) is 15.0. The minimum absolute atomic E-state index is 0.00387. The Labute approximate surface area is 207 Å². The lowest BCUT2D eigenvalue weighted by molar-refractivity contribution is -0.210. The second kappa shape index (κ2) is 7.46. The van der Waals surface area contributed by atoms with Crippen molar-refractivity contribution >= 4 is 5.97 Å². The molecule has 34 heavy (non-hydrogen) atoms. The van der Waals surface area contributed by atoms with E-state index >= 15 is 0 Å². The molecule has 2 heterocycles. The highest BCUT2D eigenvalue weighted by Gasteiger charge is 2.69. The molecule has 3 saturated carbocycles. The van der Waals surface area contributed by atoms with Crippen molar-refractivity contribution in [2.75, 3.05) is 0 Å². The third kappa shape index (κ3) is 3.32. The molecule has 0 spiro atoms. The highest BCUT2D eigenvalue weighted by molar-refractivity contribution is 5.70. The van der Waals surface area contributed by atoms with Crippen molar-refractivity contribution in [2.45, 2.75) is 143 Å². The summed E-state index contributed by atoms with van der Waals surface area (Å²) >= 11 is 0. The predicted molar refractivity (Wildman–Crippen MR) is 134 cm³/mol. The van der Waals surface area contributed by atoms with E-state index in [2.05, 4.69) is 41.5 Å². The highest BCUT2D eigenvalue weighted by Crippen LogP contribution is 2.75. The Morgan fingerprint density at radius 1 is 0.794 bits per heavy atom. The Morgan fingerprint density at radius 3 is 2.12 bits per heavy atom. The maximum atomic E-state index is 12.5. The largest absolute Gasteiger partial charge is 0.459 e. The fraction of sp³-hybridized carbons (Fsp3) is 0.967. The molecule has 0 bridgehead atoms. The van der Waals surface area contributed by atoms with Crippen molar-refractivity contribution in [3.05, 3.63) is 0 Å². The Balaban J connectivity index is 1.45. The maximum absolute atomic E-state index is 12.5. The molecule has 9 atom stereocenters. The number of carbonyl (C=O) groups excluding carboxylic acids is 1. The first-order chi connectivity index (χ1) is 15.6. The van der Waals surface area contributed by atoms with E-state index in [1.54, 1.807) is 0 Å². The standard InChI is InChI=1S/C30H50O4/c1-25(2,32)23-13-18-30(8,33-23)20-11-16-28(6)19(20)9-10-22-27(5)15-14-24(31)34-26(3,4)21(27)12-17-29(22,28)7/h19-23,32H,9-18H2,1-8H3. The third-order valence-corrected chi connectivity index (χ3v) is 12.6. The number of fused-ring (bicyclic) bond motifs is 5. The summed E-state index contributed by atoms with van der Waals surface area (Å²) in [6.45, 7) is 18.2. The van der Waals surface area contributed by atoms with Crippen molar-refractivity contribution in [3.8, 4) is 0 Å². The molecule has 5 aliphatic rings. The molecule has 4 nitrogen and oxygen atoms in total. The molecule has 3 aliphatic carbocycles. The molecule has 5 rings (SSSR count). The Kier molecular flexibility index (Phi) is 5.50. The molecule has 4 heteroatoms. The summed E-state index contributed by atoms with van der Waals surface area (Å²) < 4.78 is 12.7. The Hall–Kier alpha value is -0.610. The predicted octanol–water partition coefficient (Wildman–Crippen LogP) is 6.68. The summed E-state index contributed by atoms with van der Waals surface area (Å²) in [4.78, 5) is 12.5. The van der Waals surface area contributed by atoms with Crippen LogP contribution in [0.4, 0.5) is 0 Å². The zero-order chi connectivity index (χ0) is 24.9. The summed E-state index contributed by atoms with van der Waals surface area (Å²) in [6, 6.07) is 0. The van der Waals surface area contributed by atoms with Crippen LogP contribution in [-0.2, 0) is 14.3 Å². The van der Waals surface area contributed by atoms with Gasteiger partial charge in [0.05, 0.1) is 17.3 Å². The van der Waals surface area contributed by atoms with Crippen molar-refractivity contribution in [3.63, 3.8) is 0 Å². The van der Waals surface area contributed by atoms with Gasteiger partial charge in [-0.25, -0.2) is 0 Å². The summed E-state index contributed by atoms with van der Waals surface area (Å²) in [5.41, 5.74) is -0.547. The fourth-order valence-electron chi connectivity index (χ4n) is 10.8. The summed E-state index contributed by atoms with van der Waals surface area (Å²) in [5, 5.41) is 10.6. The molecule has 2 aliphatic heterocycles. The van der Waals surface area contributed by atoms with E-state index < -0.39 is 5.60 Å². The van der Waals surface area contributed by atoms with Gasteiger partial charge in [0.15, 0.2) is 0 Å². The van der Waals surface area contributed by atoms with Gasteiger partial charge >= 0.3 is 5.97 Å². The number of ether oxygens (including phenoxy) is 2. The lowest BCUT2D eigenvalue weighted by Crippen LogP contribution is -2.62. The van der Waals surface area contributed by atoms with Crippen LogP contribution in [0.5, 0.6) is 0 Å². The van der Waals surface area contributed by atoms with Gasteiger partial charge in [-0.15, -0.1) is 0 Å². The number of hydrogen-bond donors (Lipinski definition) is 1. The molecule has 2 saturated heterocycles. The van der Waals surface area contributed by atoms with E-state index in [-0.39, 0.29) is 34.1 Å². The van der Waals surface area contributed by atoms with Crippen LogP contribution in [-0.4, -0.2) is 34.0 Å². The average molecular weight is 475 g/mol. The monoisotopic (exact) mass is 474 g/mol. The molecule has 0 radical (unpaired) electrons. The lowest BCUT2D eigenvalue weighted by Gasteiger charge is -2.67. The molecular weight excluding hydrogens is 424 g/mol. The molecular formula is C30H50O4. The summed E-state index contributed by atoms with van der Waals surface area (Å²) in [5.74, 6) is 2.31. The van der Waals surface area contributed by atoms with Crippen LogP contribution in [0.15, 0.2) is 0 Å². The van der Waals surface area contributed by atoms with E-state index in [4.69, 9.17) is 9.47 Å². The van der Waals surface area contributed by atoms with E-state index in [1.165, 1.54) is 32.1 Å². The van der Waals surface area contributed by atoms with Gasteiger partial charge in [-0.3, -0.25) is 4.79 Å². The van der Waals surface area contributed by atoms with Gasteiger partial charge in [-0.05, 0) is 126 Å². The molecule has 9 unspecified atom stereocenters. The van der Waals surface area contributed by atoms with Crippen molar-refractivity contribution in [2.24, 2.45) is 39.9 Å². The number of carbonyl (C=O) groups is 1. The molecule has 194 valence electrons. The van der Waals surface area contributed by atoms with Crippen LogP contribution in [0.1, 0.15) is 120 Å². The number of cyclic esters (lactones) is 1. The quantitative estimate of drug-likeness (QED) is 0.454. The topological polar surface area (TPSA) is 55.8 Å². The number of esters is 1. The minimum Gasteiger partial charge on any atom is -0.459 e. The minimum atomic E-state index is -0.776. The molecule has 0 aromatic rings. The first-order valence-electron chi connectivity index (χ1n) is 14.2.